The second-order valence-corrected chi connectivity index (χ2v) is 11.1. The summed E-state index contributed by atoms with van der Waals surface area (Å²) in [4.78, 5) is 20.9. The highest BCUT2D eigenvalue weighted by atomic mass is 35.5. The van der Waals surface area contributed by atoms with Gasteiger partial charge in [0.15, 0.2) is 15.0 Å². The molecule has 0 unspecified atom stereocenters. The standard InChI is InChI=1S/C20H20ClN3O3S2/c1-23(2)15-7-9-16(10-8-15)24-17-11-29(26,27)12-18(17)28-20(24)22-19(25)13-3-5-14(21)6-4-13/h3-10,17-18H,11-12H2,1-2H3/t17-,18-/m1/s1. The Morgan fingerprint density at radius 1 is 1.10 bits per heavy atom. The van der Waals surface area contributed by atoms with E-state index in [-0.39, 0.29) is 28.7 Å². The number of hydrogen-bond donors (Lipinski definition) is 0. The first kappa shape index (κ1) is 20.3. The van der Waals surface area contributed by atoms with E-state index in [0.717, 1.165) is 11.4 Å². The van der Waals surface area contributed by atoms with Crippen LogP contribution in [0.15, 0.2) is 53.5 Å². The summed E-state index contributed by atoms with van der Waals surface area (Å²) in [6, 6.07) is 14.1. The van der Waals surface area contributed by atoms with E-state index in [1.807, 2.05) is 48.2 Å². The number of benzene rings is 2. The number of rotatable bonds is 3. The third kappa shape index (κ3) is 4.15. The number of thioether (sulfide) groups is 1. The maximum atomic E-state index is 12.7. The molecule has 0 aliphatic carbocycles. The number of sulfone groups is 1. The Balaban J connectivity index is 1.70. The fourth-order valence-electron chi connectivity index (χ4n) is 3.52. The van der Waals surface area contributed by atoms with Gasteiger partial charge in [-0.25, -0.2) is 8.42 Å². The van der Waals surface area contributed by atoms with Crippen LogP contribution in [-0.2, 0) is 9.84 Å². The van der Waals surface area contributed by atoms with Gasteiger partial charge >= 0.3 is 0 Å². The number of aliphatic imine (C=N–C) groups is 1. The lowest BCUT2D eigenvalue weighted by Gasteiger charge is -2.25. The fourth-order valence-corrected chi connectivity index (χ4v) is 7.56. The summed E-state index contributed by atoms with van der Waals surface area (Å²) in [6.07, 6.45) is 0. The van der Waals surface area contributed by atoms with Crippen LogP contribution in [0.2, 0.25) is 5.02 Å². The molecule has 9 heteroatoms. The van der Waals surface area contributed by atoms with Crippen molar-refractivity contribution in [2.24, 2.45) is 4.99 Å². The number of anilines is 2. The van der Waals surface area contributed by atoms with E-state index in [4.69, 9.17) is 11.6 Å². The Kier molecular flexibility index (Phi) is 5.35. The van der Waals surface area contributed by atoms with Crippen LogP contribution >= 0.6 is 23.4 Å². The third-order valence-electron chi connectivity index (χ3n) is 5.00. The van der Waals surface area contributed by atoms with Gasteiger partial charge in [-0.3, -0.25) is 4.79 Å². The monoisotopic (exact) mass is 449 g/mol. The molecule has 2 saturated heterocycles. The maximum absolute atomic E-state index is 12.7. The van der Waals surface area contributed by atoms with Crippen LogP contribution in [0.1, 0.15) is 10.4 Å². The van der Waals surface area contributed by atoms with Crippen LogP contribution in [-0.4, -0.2) is 56.4 Å². The normalized spacial score (nSPS) is 24.0. The van der Waals surface area contributed by atoms with Crippen molar-refractivity contribution in [2.45, 2.75) is 11.3 Å². The van der Waals surface area contributed by atoms with Gasteiger partial charge in [-0.2, -0.15) is 4.99 Å². The minimum absolute atomic E-state index is 0.0637. The van der Waals surface area contributed by atoms with Crippen LogP contribution in [0.5, 0.6) is 0 Å². The summed E-state index contributed by atoms with van der Waals surface area (Å²) in [7, 11) is 0.810. The molecule has 0 radical (unpaired) electrons. The number of halogens is 1. The molecule has 152 valence electrons. The van der Waals surface area contributed by atoms with E-state index in [9.17, 15) is 13.2 Å². The lowest BCUT2D eigenvalue weighted by atomic mass is 10.2. The summed E-state index contributed by atoms with van der Waals surface area (Å²) in [5.41, 5.74) is 2.30. The highest BCUT2D eigenvalue weighted by molar-refractivity contribution is 8.16. The fraction of sp³-hybridized carbons (Fsp3) is 0.300. The Morgan fingerprint density at radius 2 is 1.76 bits per heavy atom. The summed E-state index contributed by atoms with van der Waals surface area (Å²) < 4.78 is 24.4. The molecule has 29 heavy (non-hydrogen) atoms. The number of nitrogens with zero attached hydrogens (tertiary/aromatic N) is 3. The summed E-state index contributed by atoms with van der Waals surface area (Å²) in [5.74, 6) is -0.210. The lowest BCUT2D eigenvalue weighted by Crippen LogP contribution is -2.37. The van der Waals surface area contributed by atoms with Crippen LogP contribution in [0.4, 0.5) is 11.4 Å². The molecule has 0 saturated carbocycles. The topological polar surface area (TPSA) is 70.0 Å². The van der Waals surface area contributed by atoms with E-state index in [1.165, 1.54) is 11.8 Å². The number of amidine groups is 1. The first-order valence-electron chi connectivity index (χ1n) is 9.06. The number of carbonyl (C=O) groups is 1. The first-order chi connectivity index (χ1) is 13.7. The molecular formula is C20H20ClN3O3S2. The third-order valence-corrected chi connectivity index (χ3v) is 8.46. The average molecular weight is 450 g/mol. The smallest absolute Gasteiger partial charge is 0.279 e. The van der Waals surface area contributed by atoms with E-state index >= 15 is 0 Å². The van der Waals surface area contributed by atoms with Crippen molar-refractivity contribution in [3.05, 3.63) is 59.1 Å². The Morgan fingerprint density at radius 3 is 2.38 bits per heavy atom. The molecule has 2 aromatic carbocycles. The number of fused-ring (bicyclic) bond motifs is 1. The highest BCUT2D eigenvalue weighted by Gasteiger charge is 2.49. The Labute approximate surface area is 179 Å². The summed E-state index contributed by atoms with van der Waals surface area (Å²) in [6.45, 7) is 0. The molecule has 2 aromatic rings. The zero-order valence-corrected chi connectivity index (χ0v) is 18.3. The van der Waals surface area contributed by atoms with Gasteiger partial charge in [0.05, 0.1) is 17.5 Å². The quantitative estimate of drug-likeness (QED) is 0.715. The molecule has 0 N–H and O–H groups in total. The van der Waals surface area contributed by atoms with Gasteiger partial charge in [0.2, 0.25) is 0 Å². The Bertz CT molecular complexity index is 1070. The van der Waals surface area contributed by atoms with Crippen molar-refractivity contribution in [2.75, 3.05) is 35.4 Å². The zero-order chi connectivity index (χ0) is 20.8. The number of amides is 1. The molecule has 0 spiro atoms. The molecule has 6 nitrogen and oxygen atoms in total. The summed E-state index contributed by atoms with van der Waals surface area (Å²) >= 11 is 7.26. The molecule has 2 heterocycles. The highest BCUT2D eigenvalue weighted by Crippen LogP contribution is 2.41. The van der Waals surface area contributed by atoms with Crippen molar-refractivity contribution in [1.82, 2.24) is 0 Å². The predicted octanol–water partition coefficient (Wildman–Crippen LogP) is 3.32. The molecule has 0 aromatic heterocycles. The van der Waals surface area contributed by atoms with Crippen LogP contribution in [0, 0.1) is 0 Å². The van der Waals surface area contributed by atoms with Crippen molar-refractivity contribution in [3.63, 3.8) is 0 Å². The molecule has 4 rings (SSSR count). The van der Waals surface area contributed by atoms with E-state index in [0.29, 0.717) is 15.8 Å². The van der Waals surface area contributed by atoms with Crippen molar-refractivity contribution >= 4 is 55.6 Å². The Hall–Kier alpha value is -2.03. The zero-order valence-electron chi connectivity index (χ0n) is 15.9. The van der Waals surface area contributed by atoms with E-state index in [1.54, 1.807) is 24.3 Å². The van der Waals surface area contributed by atoms with Crippen LogP contribution in [0.25, 0.3) is 0 Å². The van der Waals surface area contributed by atoms with Crippen molar-refractivity contribution in [3.8, 4) is 0 Å². The van der Waals surface area contributed by atoms with Gasteiger partial charge in [-0.1, -0.05) is 23.4 Å². The molecule has 0 bridgehead atoms. The van der Waals surface area contributed by atoms with E-state index in [2.05, 4.69) is 4.99 Å². The van der Waals surface area contributed by atoms with Gasteiger partial charge in [-0.15, -0.1) is 0 Å². The van der Waals surface area contributed by atoms with Gasteiger partial charge in [0, 0.05) is 41.3 Å². The second-order valence-electron chi connectivity index (χ2n) is 7.29. The van der Waals surface area contributed by atoms with Gasteiger partial charge < -0.3 is 9.80 Å². The number of carbonyl (C=O) groups excluding carboxylic acids is 1. The first-order valence-corrected chi connectivity index (χ1v) is 12.1. The van der Waals surface area contributed by atoms with Gasteiger partial charge in [0.25, 0.3) is 5.91 Å². The minimum atomic E-state index is -3.10. The second kappa shape index (κ2) is 7.66. The average Bonchev–Trinajstić information content (AvgIpc) is 3.13. The van der Waals surface area contributed by atoms with Crippen molar-refractivity contribution < 1.29 is 13.2 Å². The lowest BCUT2D eigenvalue weighted by molar-refractivity contribution is 0.100. The van der Waals surface area contributed by atoms with Crippen molar-refractivity contribution in [1.29, 1.82) is 0 Å². The molecule has 1 amide bonds. The predicted molar refractivity (Wildman–Crippen MR) is 120 cm³/mol. The summed E-state index contributed by atoms with van der Waals surface area (Å²) in [5, 5.41) is 0.949. The molecule has 2 atom stereocenters. The molecular weight excluding hydrogens is 430 g/mol. The maximum Gasteiger partial charge on any atom is 0.279 e. The number of hydrogen-bond acceptors (Lipinski definition) is 5. The van der Waals surface area contributed by atoms with E-state index < -0.39 is 9.84 Å². The molecule has 2 aliphatic heterocycles. The van der Waals surface area contributed by atoms with Gasteiger partial charge in [-0.05, 0) is 48.5 Å². The van der Waals surface area contributed by atoms with Gasteiger partial charge in [0.1, 0.15) is 0 Å². The molecule has 2 aliphatic rings. The van der Waals surface area contributed by atoms with Crippen LogP contribution in [0.3, 0.4) is 0 Å². The molecule has 2 fully saturated rings. The largest absolute Gasteiger partial charge is 0.378 e. The SMILES string of the molecule is CN(C)c1ccc(N2C(=NC(=O)c3ccc(Cl)cc3)S[C@@H]3CS(=O)(=O)C[C@H]32)cc1. The van der Waals surface area contributed by atoms with Crippen LogP contribution < -0.4 is 9.80 Å². The minimum Gasteiger partial charge on any atom is -0.378 e.